The van der Waals surface area contributed by atoms with Crippen molar-refractivity contribution in [3.63, 3.8) is 0 Å². The van der Waals surface area contributed by atoms with Gasteiger partial charge in [-0.25, -0.2) is 0 Å². The Morgan fingerprint density at radius 1 is 1.32 bits per heavy atom. The lowest BCUT2D eigenvalue weighted by molar-refractivity contribution is -0.138. The van der Waals surface area contributed by atoms with Gasteiger partial charge in [-0.3, -0.25) is 4.79 Å². The molecule has 1 aliphatic rings. The van der Waals surface area contributed by atoms with E-state index in [1.807, 2.05) is 0 Å². The molecule has 2 N–H and O–H groups in total. The van der Waals surface area contributed by atoms with E-state index >= 15 is 0 Å². The quantitative estimate of drug-likeness (QED) is 0.833. The topological polar surface area (TPSA) is 46.3 Å². The summed E-state index contributed by atoms with van der Waals surface area (Å²) in [4.78, 5) is 14.6. The number of hydrogen-bond acceptors (Lipinski definition) is 2. The van der Waals surface area contributed by atoms with Gasteiger partial charge in [0.15, 0.2) is 0 Å². The first kappa shape index (κ1) is 16.5. The highest BCUT2D eigenvalue weighted by atomic mass is 16.2. The molecule has 1 saturated heterocycles. The number of carbonyl (C=O) groups excluding carboxylic acids is 1. The first-order valence-corrected chi connectivity index (χ1v) is 7.84. The Labute approximate surface area is 118 Å². The van der Waals surface area contributed by atoms with Gasteiger partial charge in [0.1, 0.15) is 0 Å². The van der Waals surface area contributed by atoms with E-state index in [1.165, 1.54) is 6.42 Å². The average Bonchev–Trinajstić information content (AvgIpc) is 2.32. The molecule has 1 aliphatic heterocycles. The standard InChI is InChI=1S/C16H32N2O/c1-11(2)6-15(9-17)8-16(19)18-10-12(3)7-13(4)14(18)5/h11-15H,6-10,17H2,1-5H3/t12?,13?,14?,15-/m0/s1. The molecular weight excluding hydrogens is 236 g/mol. The van der Waals surface area contributed by atoms with Crippen molar-refractivity contribution in [3.8, 4) is 0 Å². The first-order valence-electron chi connectivity index (χ1n) is 7.84. The van der Waals surface area contributed by atoms with Crippen molar-refractivity contribution in [2.75, 3.05) is 13.1 Å². The molecule has 19 heavy (non-hydrogen) atoms. The zero-order chi connectivity index (χ0) is 14.6. The Bertz CT molecular complexity index is 290. The zero-order valence-electron chi connectivity index (χ0n) is 13.4. The van der Waals surface area contributed by atoms with E-state index in [0.29, 0.717) is 48.6 Å². The maximum atomic E-state index is 12.5. The van der Waals surface area contributed by atoms with Gasteiger partial charge in [0.25, 0.3) is 0 Å². The molecule has 3 unspecified atom stereocenters. The van der Waals surface area contributed by atoms with Gasteiger partial charge in [-0.15, -0.1) is 0 Å². The molecule has 1 heterocycles. The Balaban J connectivity index is 2.60. The molecule has 3 nitrogen and oxygen atoms in total. The van der Waals surface area contributed by atoms with Crippen LogP contribution in [0.3, 0.4) is 0 Å². The lowest BCUT2D eigenvalue weighted by Crippen LogP contribution is -2.49. The summed E-state index contributed by atoms with van der Waals surface area (Å²) in [6, 6.07) is 0.376. The average molecular weight is 268 g/mol. The predicted octanol–water partition coefficient (Wildman–Crippen LogP) is 2.89. The number of nitrogens with two attached hydrogens (primary N) is 1. The molecule has 4 atom stereocenters. The monoisotopic (exact) mass is 268 g/mol. The maximum absolute atomic E-state index is 12.5. The fourth-order valence-electron chi connectivity index (χ4n) is 3.34. The summed E-state index contributed by atoms with van der Waals surface area (Å²) in [7, 11) is 0. The zero-order valence-corrected chi connectivity index (χ0v) is 13.4. The third-order valence-electron chi connectivity index (χ3n) is 4.52. The molecule has 0 radical (unpaired) electrons. The van der Waals surface area contributed by atoms with Gasteiger partial charge in [-0.2, -0.15) is 0 Å². The second-order valence-electron chi connectivity index (χ2n) is 7.04. The third kappa shape index (κ3) is 4.79. The highest BCUT2D eigenvalue weighted by molar-refractivity contribution is 5.77. The van der Waals surface area contributed by atoms with E-state index < -0.39 is 0 Å². The van der Waals surface area contributed by atoms with Crippen molar-refractivity contribution in [1.82, 2.24) is 4.90 Å². The second-order valence-corrected chi connectivity index (χ2v) is 7.04. The van der Waals surface area contributed by atoms with Crippen LogP contribution in [0.25, 0.3) is 0 Å². The number of nitrogens with zero attached hydrogens (tertiary/aromatic N) is 1. The van der Waals surface area contributed by atoms with Crippen LogP contribution in [0.1, 0.15) is 53.9 Å². The van der Waals surface area contributed by atoms with Crippen molar-refractivity contribution >= 4 is 5.91 Å². The largest absolute Gasteiger partial charge is 0.339 e. The molecule has 0 aromatic rings. The van der Waals surface area contributed by atoms with E-state index in [2.05, 4.69) is 39.5 Å². The number of hydrogen-bond donors (Lipinski definition) is 1. The number of amides is 1. The van der Waals surface area contributed by atoms with Crippen LogP contribution in [0.4, 0.5) is 0 Å². The van der Waals surface area contributed by atoms with Crippen molar-refractivity contribution in [2.24, 2.45) is 29.4 Å². The van der Waals surface area contributed by atoms with Crippen LogP contribution >= 0.6 is 0 Å². The fourth-order valence-corrected chi connectivity index (χ4v) is 3.34. The molecule has 0 spiro atoms. The van der Waals surface area contributed by atoms with Crippen LogP contribution in [0.15, 0.2) is 0 Å². The highest BCUT2D eigenvalue weighted by Gasteiger charge is 2.32. The van der Waals surface area contributed by atoms with Crippen LogP contribution in [0.5, 0.6) is 0 Å². The van der Waals surface area contributed by atoms with E-state index in [-0.39, 0.29) is 0 Å². The number of piperidine rings is 1. The summed E-state index contributed by atoms with van der Waals surface area (Å²) >= 11 is 0. The Morgan fingerprint density at radius 2 is 1.95 bits per heavy atom. The molecule has 0 bridgehead atoms. The minimum Gasteiger partial charge on any atom is -0.339 e. The van der Waals surface area contributed by atoms with Gasteiger partial charge in [0.2, 0.25) is 5.91 Å². The first-order chi connectivity index (χ1) is 8.85. The van der Waals surface area contributed by atoms with Crippen LogP contribution in [0, 0.1) is 23.7 Å². The summed E-state index contributed by atoms with van der Waals surface area (Å²) in [5.74, 6) is 2.48. The molecule has 3 heteroatoms. The Morgan fingerprint density at radius 3 is 2.47 bits per heavy atom. The smallest absolute Gasteiger partial charge is 0.223 e. The predicted molar refractivity (Wildman–Crippen MR) is 80.7 cm³/mol. The normalized spacial score (nSPS) is 29.6. The lowest BCUT2D eigenvalue weighted by Gasteiger charge is -2.41. The molecule has 112 valence electrons. The lowest BCUT2D eigenvalue weighted by atomic mass is 9.85. The van der Waals surface area contributed by atoms with E-state index in [0.717, 1.165) is 13.0 Å². The fraction of sp³-hybridized carbons (Fsp3) is 0.938. The SMILES string of the molecule is CC(C)C[C@H](CN)CC(=O)N1CC(C)CC(C)C1C. The molecule has 1 amide bonds. The summed E-state index contributed by atoms with van der Waals surface area (Å²) in [5, 5.41) is 0. The summed E-state index contributed by atoms with van der Waals surface area (Å²) in [6.45, 7) is 12.6. The van der Waals surface area contributed by atoms with Gasteiger partial charge >= 0.3 is 0 Å². The molecule has 0 aliphatic carbocycles. The van der Waals surface area contributed by atoms with Crippen LogP contribution in [0.2, 0.25) is 0 Å². The third-order valence-corrected chi connectivity index (χ3v) is 4.52. The van der Waals surface area contributed by atoms with Crippen molar-refractivity contribution in [2.45, 2.75) is 59.9 Å². The second kappa shape index (κ2) is 7.28. The van der Waals surface area contributed by atoms with Crippen molar-refractivity contribution in [1.29, 1.82) is 0 Å². The van der Waals surface area contributed by atoms with Gasteiger partial charge < -0.3 is 10.6 Å². The van der Waals surface area contributed by atoms with Gasteiger partial charge in [0, 0.05) is 19.0 Å². The van der Waals surface area contributed by atoms with Crippen molar-refractivity contribution < 1.29 is 4.79 Å². The van der Waals surface area contributed by atoms with Gasteiger partial charge in [0.05, 0.1) is 0 Å². The summed E-state index contributed by atoms with van der Waals surface area (Å²) < 4.78 is 0. The highest BCUT2D eigenvalue weighted by Crippen LogP contribution is 2.28. The minimum atomic E-state index is 0.307. The molecule has 0 saturated carbocycles. The number of rotatable bonds is 5. The minimum absolute atomic E-state index is 0.307. The summed E-state index contributed by atoms with van der Waals surface area (Å²) in [6.07, 6.45) is 2.91. The Kier molecular flexibility index (Phi) is 6.31. The van der Waals surface area contributed by atoms with E-state index in [9.17, 15) is 4.79 Å². The molecule has 0 aromatic carbocycles. The molecule has 1 rings (SSSR count). The maximum Gasteiger partial charge on any atom is 0.223 e. The number of carbonyl (C=O) groups is 1. The van der Waals surface area contributed by atoms with Crippen molar-refractivity contribution in [3.05, 3.63) is 0 Å². The molecular formula is C16H32N2O. The molecule has 0 aromatic heterocycles. The Hall–Kier alpha value is -0.570. The van der Waals surface area contributed by atoms with E-state index in [4.69, 9.17) is 5.73 Å². The van der Waals surface area contributed by atoms with Gasteiger partial charge in [-0.1, -0.05) is 27.7 Å². The summed E-state index contributed by atoms with van der Waals surface area (Å²) in [5.41, 5.74) is 5.82. The van der Waals surface area contributed by atoms with Gasteiger partial charge in [-0.05, 0) is 50.0 Å². The van der Waals surface area contributed by atoms with Crippen LogP contribution < -0.4 is 5.73 Å². The number of likely N-dealkylation sites (tertiary alicyclic amines) is 1. The van der Waals surface area contributed by atoms with Crippen LogP contribution in [-0.4, -0.2) is 29.9 Å². The van der Waals surface area contributed by atoms with Crippen LogP contribution in [-0.2, 0) is 4.79 Å². The van der Waals surface area contributed by atoms with E-state index in [1.54, 1.807) is 0 Å². The molecule has 1 fully saturated rings.